The minimum absolute atomic E-state index is 0.101. The molecule has 0 unspecified atom stereocenters. The van der Waals surface area contributed by atoms with Gasteiger partial charge in [0.15, 0.2) is 0 Å². The average molecular weight is 357 g/mol. The number of rotatable bonds is 4. The van der Waals surface area contributed by atoms with Gasteiger partial charge in [-0.1, -0.05) is 29.8 Å². The molecule has 0 amide bonds. The molecule has 5 nitrogen and oxygen atoms in total. The number of hydrogen-bond donors (Lipinski definition) is 0. The molecular weight excluding hydrogens is 346 g/mol. The maximum absolute atomic E-state index is 11.0. The average Bonchev–Trinajstić information content (AvgIpc) is 2.38. The van der Waals surface area contributed by atoms with Gasteiger partial charge in [0.2, 0.25) is 0 Å². The highest BCUT2D eigenvalue weighted by molar-refractivity contribution is 9.10. The quantitative estimate of drug-likeness (QED) is 0.613. The summed E-state index contributed by atoms with van der Waals surface area (Å²) in [6, 6.07) is 8.39. The standard InChI is InChI=1S/C13H11BrClN3O2/c1-17(13-11(14)6-10(15)7-16-13)8-9-4-2-3-5-12(9)18(19)20/h2-7H,8H2,1H3. The predicted octanol–water partition coefficient (Wildman–Crippen LogP) is 4.04. The first kappa shape index (κ1) is 14.7. The number of para-hydroxylation sites is 1. The summed E-state index contributed by atoms with van der Waals surface area (Å²) in [5, 5.41) is 11.5. The van der Waals surface area contributed by atoms with Crippen molar-refractivity contribution in [2.75, 3.05) is 11.9 Å². The van der Waals surface area contributed by atoms with Crippen molar-refractivity contribution in [1.29, 1.82) is 0 Å². The summed E-state index contributed by atoms with van der Waals surface area (Å²) < 4.78 is 0.742. The fraction of sp³-hybridized carbons (Fsp3) is 0.154. The molecule has 0 bridgehead atoms. The molecule has 1 aromatic heterocycles. The van der Waals surface area contributed by atoms with Gasteiger partial charge in [0, 0.05) is 24.9 Å². The first-order chi connectivity index (χ1) is 9.49. The van der Waals surface area contributed by atoms with Crippen molar-refractivity contribution in [3.63, 3.8) is 0 Å². The summed E-state index contributed by atoms with van der Waals surface area (Å²) in [5.74, 6) is 0.674. The first-order valence-corrected chi connectivity index (χ1v) is 6.90. The molecule has 1 aromatic carbocycles. The lowest BCUT2D eigenvalue weighted by atomic mass is 10.1. The third kappa shape index (κ3) is 3.26. The molecule has 0 spiro atoms. The lowest BCUT2D eigenvalue weighted by Crippen LogP contribution is -2.18. The highest BCUT2D eigenvalue weighted by atomic mass is 79.9. The molecule has 0 saturated heterocycles. The second kappa shape index (κ2) is 6.19. The van der Waals surface area contributed by atoms with E-state index in [1.807, 2.05) is 11.9 Å². The van der Waals surface area contributed by atoms with Gasteiger partial charge in [-0.05, 0) is 22.0 Å². The Morgan fingerprint density at radius 1 is 1.45 bits per heavy atom. The molecular formula is C13H11BrClN3O2. The Morgan fingerprint density at radius 3 is 2.80 bits per heavy atom. The zero-order valence-electron chi connectivity index (χ0n) is 10.6. The van der Waals surface area contributed by atoms with Gasteiger partial charge in [0.25, 0.3) is 5.69 Å². The molecule has 7 heteroatoms. The molecule has 0 atom stereocenters. The van der Waals surface area contributed by atoms with Crippen molar-refractivity contribution in [3.8, 4) is 0 Å². The van der Waals surface area contributed by atoms with Crippen molar-refractivity contribution in [2.24, 2.45) is 0 Å². The molecule has 104 valence electrons. The van der Waals surface area contributed by atoms with E-state index in [-0.39, 0.29) is 10.6 Å². The number of anilines is 1. The van der Waals surface area contributed by atoms with Crippen LogP contribution < -0.4 is 4.90 Å². The fourth-order valence-electron chi connectivity index (χ4n) is 1.84. The molecule has 0 radical (unpaired) electrons. The second-order valence-electron chi connectivity index (χ2n) is 4.20. The lowest BCUT2D eigenvalue weighted by Gasteiger charge is -2.19. The minimum Gasteiger partial charge on any atom is -0.354 e. The molecule has 0 fully saturated rings. The van der Waals surface area contributed by atoms with Crippen LogP contribution in [0.4, 0.5) is 11.5 Å². The van der Waals surface area contributed by atoms with E-state index in [4.69, 9.17) is 11.6 Å². The van der Waals surface area contributed by atoms with Gasteiger partial charge in [-0.3, -0.25) is 10.1 Å². The van der Waals surface area contributed by atoms with Crippen LogP contribution in [0.1, 0.15) is 5.56 Å². The smallest absolute Gasteiger partial charge is 0.274 e. The van der Waals surface area contributed by atoms with Gasteiger partial charge in [0.1, 0.15) is 5.82 Å². The van der Waals surface area contributed by atoms with E-state index in [1.54, 1.807) is 24.3 Å². The number of nitro groups is 1. The number of aromatic nitrogens is 1. The number of hydrogen-bond acceptors (Lipinski definition) is 4. The molecule has 20 heavy (non-hydrogen) atoms. The van der Waals surface area contributed by atoms with Gasteiger partial charge in [-0.2, -0.15) is 0 Å². The van der Waals surface area contributed by atoms with Crippen molar-refractivity contribution in [3.05, 3.63) is 61.7 Å². The minimum atomic E-state index is -0.381. The SMILES string of the molecule is CN(Cc1ccccc1[N+](=O)[O-])c1ncc(Cl)cc1Br. The molecule has 0 aliphatic heterocycles. The van der Waals surface area contributed by atoms with Crippen molar-refractivity contribution < 1.29 is 4.92 Å². The fourth-order valence-corrected chi connectivity index (χ4v) is 2.78. The van der Waals surface area contributed by atoms with E-state index in [9.17, 15) is 10.1 Å². The normalized spacial score (nSPS) is 10.3. The van der Waals surface area contributed by atoms with Gasteiger partial charge in [-0.25, -0.2) is 4.98 Å². The van der Waals surface area contributed by atoms with Crippen LogP contribution in [0, 0.1) is 10.1 Å². The van der Waals surface area contributed by atoms with Gasteiger partial charge >= 0.3 is 0 Å². The number of nitrogens with zero attached hydrogens (tertiary/aromatic N) is 3. The van der Waals surface area contributed by atoms with Crippen LogP contribution in [0.2, 0.25) is 5.02 Å². The molecule has 0 aliphatic carbocycles. The summed E-state index contributed by atoms with van der Waals surface area (Å²) in [5.41, 5.74) is 0.730. The highest BCUT2D eigenvalue weighted by Gasteiger charge is 2.16. The van der Waals surface area contributed by atoms with E-state index >= 15 is 0 Å². The Morgan fingerprint density at radius 2 is 2.15 bits per heavy atom. The third-order valence-corrected chi connectivity index (χ3v) is 3.54. The van der Waals surface area contributed by atoms with Crippen LogP contribution in [0.3, 0.4) is 0 Å². The van der Waals surface area contributed by atoms with E-state index < -0.39 is 0 Å². The largest absolute Gasteiger partial charge is 0.354 e. The molecule has 0 aliphatic rings. The predicted molar refractivity (Wildman–Crippen MR) is 82.2 cm³/mol. The van der Waals surface area contributed by atoms with Crippen LogP contribution in [0.25, 0.3) is 0 Å². The third-order valence-electron chi connectivity index (χ3n) is 2.75. The van der Waals surface area contributed by atoms with E-state index in [2.05, 4.69) is 20.9 Å². The Balaban J connectivity index is 2.28. The summed E-state index contributed by atoms with van der Waals surface area (Å²) in [7, 11) is 1.82. The Labute approximate surface area is 129 Å². The van der Waals surface area contributed by atoms with Crippen molar-refractivity contribution in [1.82, 2.24) is 4.98 Å². The summed E-state index contributed by atoms with van der Waals surface area (Å²) in [6.07, 6.45) is 1.54. The number of benzene rings is 1. The van der Waals surface area contributed by atoms with E-state index in [0.717, 1.165) is 4.47 Å². The van der Waals surface area contributed by atoms with Crippen LogP contribution in [0.15, 0.2) is 41.0 Å². The van der Waals surface area contributed by atoms with Crippen LogP contribution in [-0.2, 0) is 6.54 Å². The van der Waals surface area contributed by atoms with Crippen LogP contribution >= 0.6 is 27.5 Å². The maximum atomic E-state index is 11.0. The number of halogens is 2. The topological polar surface area (TPSA) is 59.3 Å². The van der Waals surface area contributed by atoms with E-state index in [1.165, 1.54) is 12.3 Å². The molecule has 1 heterocycles. The molecule has 0 saturated carbocycles. The summed E-state index contributed by atoms with van der Waals surface area (Å²) >= 11 is 9.23. The zero-order valence-corrected chi connectivity index (χ0v) is 12.9. The van der Waals surface area contributed by atoms with Crippen molar-refractivity contribution >= 4 is 39.0 Å². The zero-order chi connectivity index (χ0) is 14.7. The van der Waals surface area contributed by atoms with Crippen LogP contribution in [-0.4, -0.2) is 17.0 Å². The Bertz CT molecular complexity index is 651. The number of nitro benzene ring substituents is 1. The summed E-state index contributed by atoms with van der Waals surface area (Å²) in [4.78, 5) is 16.7. The highest BCUT2D eigenvalue weighted by Crippen LogP contribution is 2.28. The van der Waals surface area contributed by atoms with E-state index in [0.29, 0.717) is 22.9 Å². The Kier molecular flexibility index (Phi) is 4.57. The Hall–Kier alpha value is -1.66. The van der Waals surface area contributed by atoms with Crippen LogP contribution in [0.5, 0.6) is 0 Å². The van der Waals surface area contributed by atoms with Gasteiger partial charge in [-0.15, -0.1) is 0 Å². The lowest BCUT2D eigenvalue weighted by molar-refractivity contribution is -0.385. The molecule has 2 aromatic rings. The summed E-state index contributed by atoms with van der Waals surface area (Å²) in [6.45, 7) is 0.379. The van der Waals surface area contributed by atoms with Gasteiger partial charge in [0.05, 0.1) is 21.0 Å². The molecule has 0 N–H and O–H groups in total. The monoisotopic (exact) mass is 355 g/mol. The molecule has 2 rings (SSSR count). The maximum Gasteiger partial charge on any atom is 0.274 e. The second-order valence-corrected chi connectivity index (χ2v) is 5.49. The van der Waals surface area contributed by atoms with Gasteiger partial charge < -0.3 is 4.90 Å². The number of pyridine rings is 1. The van der Waals surface area contributed by atoms with Crippen molar-refractivity contribution in [2.45, 2.75) is 6.54 Å². The first-order valence-electron chi connectivity index (χ1n) is 5.73.